The van der Waals surface area contributed by atoms with E-state index in [1.807, 2.05) is 5.32 Å². The quantitative estimate of drug-likeness (QED) is 0.838. The maximum atomic E-state index is 12.8. The highest BCUT2D eigenvalue weighted by Crippen LogP contribution is 2.32. The van der Waals surface area contributed by atoms with E-state index in [9.17, 15) is 26.7 Å². The molecule has 1 aromatic carbocycles. The second kappa shape index (κ2) is 5.12. The van der Waals surface area contributed by atoms with Crippen LogP contribution in [0, 0.1) is 11.6 Å². The van der Waals surface area contributed by atoms with E-state index < -0.39 is 35.7 Å². The predicted molar refractivity (Wildman–Crippen MR) is 56.3 cm³/mol. The summed E-state index contributed by atoms with van der Waals surface area (Å²) in [6, 6.07) is 2.32. The van der Waals surface area contributed by atoms with Crippen molar-refractivity contribution in [1.29, 1.82) is 0 Å². The fraction of sp³-hybridized carbons (Fsp3) is 0.364. The molecule has 2 N–H and O–H groups in total. The van der Waals surface area contributed by atoms with Crippen molar-refractivity contribution in [2.75, 3.05) is 5.32 Å². The second-order valence-corrected chi connectivity index (χ2v) is 4.13. The van der Waals surface area contributed by atoms with Gasteiger partial charge in [0.25, 0.3) is 0 Å². The van der Waals surface area contributed by atoms with E-state index >= 15 is 0 Å². The fourth-order valence-electron chi connectivity index (χ4n) is 1.19. The zero-order chi connectivity index (χ0) is 14.8. The first-order chi connectivity index (χ1) is 8.53. The molecule has 0 aliphatic heterocycles. The van der Waals surface area contributed by atoms with Gasteiger partial charge >= 0.3 is 6.18 Å². The Morgan fingerprint density at radius 1 is 1.26 bits per heavy atom. The van der Waals surface area contributed by atoms with Gasteiger partial charge in [-0.15, -0.1) is 0 Å². The smallest absolute Gasteiger partial charge is 0.380 e. The molecule has 0 aliphatic rings. The van der Waals surface area contributed by atoms with E-state index in [4.69, 9.17) is 5.11 Å². The van der Waals surface area contributed by atoms with Crippen molar-refractivity contribution in [2.45, 2.75) is 25.1 Å². The number of anilines is 1. The van der Waals surface area contributed by atoms with Crippen molar-refractivity contribution in [3.63, 3.8) is 0 Å². The maximum Gasteiger partial charge on any atom is 0.417 e. The van der Waals surface area contributed by atoms with Crippen LogP contribution in [-0.2, 0) is 4.79 Å². The van der Waals surface area contributed by atoms with Crippen molar-refractivity contribution < 1.29 is 31.9 Å². The van der Waals surface area contributed by atoms with Gasteiger partial charge in [0.15, 0.2) is 17.2 Å². The van der Waals surface area contributed by atoms with Crippen LogP contribution >= 0.6 is 0 Å². The first-order valence-corrected chi connectivity index (χ1v) is 5.07. The summed E-state index contributed by atoms with van der Waals surface area (Å²) in [7, 11) is 0. The zero-order valence-corrected chi connectivity index (χ0v) is 9.68. The molecule has 1 rings (SSSR count). The van der Waals surface area contributed by atoms with Crippen LogP contribution in [0.3, 0.4) is 0 Å². The number of nitrogens with one attached hydrogen (secondary N) is 1. The highest BCUT2D eigenvalue weighted by atomic mass is 19.4. The Labute approximate surface area is 105 Å². The summed E-state index contributed by atoms with van der Waals surface area (Å²) in [6.07, 6.45) is -6.23. The van der Waals surface area contributed by atoms with E-state index in [2.05, 4.69) is 0 Å². The van der Waals surface area contributed by atoms with E-state index in [1.54, 1.807) is 0 Å². The number of benzene rings is 1. The number of halogens is 5. The Bertz CT molecular complexity index is 484. The van der Waals surface area contributed by atoms with Gasteiger partial charge in [0, 0.05) is 11.8 Å². The van der Waals surface area contributed by atoms with Crippen LogP contribution in [0.15, 0.2) is 18.2 Å². The number of carbonyl (C=O) groups is 1. The highest BCUT2D eigenvalue weighted by molar-refractivity contribution is 5.91. The molecule has 0 aliphatic carbocycles. The van der Waals surface area contributed by atoms with E-state index in [0.29, 0.717) is 19.1 Å². The highest BCUT2D eigenvalue weighted by Gasteiger charge is 2.50. The molecule has 0 radical (unpaired) electrons. The summed E-state index contributed by atoms with van der Waals surface area (Å²) in [5.41, 5.74) is -3.41. The van der Waals surface area contributed by atoms with E-state index in [0.717, 1.165) is 6.07 Å². The Morgan fingerprint density at radius 2 is 1.84 bits per heavy atom. The van der Waals surface area contributed by atoms with Gasteiger partial charge in [-0.1, -0.05) is 0 Å². The number of alkyl halides is 3. The summed E-state index contributed by atoms with van der Waals surface area (Å²) in [4.78, 5) is 11.3. The van der Waals surface area contributed by atoms with Gasteiger partial charge in [-0.3, -0.25) is 4.79 Å². The topological polar surface area (TPSA) is 49.3 Å². The minimum Gasteiger partial charge on any atom is -0.380 e. The summed E-state index contributed by atoms with van der Waals surface area (Å²) in [5.74, 6) is -3.57. The number of hydrogen-bond acceptors (Lipinski definition) is 2. The van der Waals surface area contributed by atoms with E-state index in [1.165, 1.54) is 0 Å². The predicted octanol–water partition coefficient (Wildman–Crippen LogP) is 2.61. The first kappa shape index (κ1) is 15.4. The maximum absolute atomic E-state index is 12.8. The number of rotatable bonds is 3. The summed E-state index contributed by atoms with van der Waals surface area (Å²) >= 11 is 0. The van der Waals surface area contributed by atoms with Gasteiger partial charge in [0.2, 0.25) is 5.91 Å². The van der Waals surface area contributed by atoms with Crippen LogP contribution in [0.1, 0.15) is 13.3 Å². The minimum atomic E-state index is -4.97. The van der Waals surface area contributed by atoms with Gasteiger partial charge in [-0.25, -0.2) is 8.78 Å². The van der Waals surface area contributed by atoms with E-state index in [-0.39, 0.29) is 5.69 Å². The lowest BCUT2D eigenvalue weighted by molar-refractivity contribution is -0.252. The lowest BCUT2D eigenvalue weighted by atomic mass is 10.0. The van der Waals surface area contributed by atoms with Crippen LogP contribution in [0.4, 0.5) is 27.6 Å². The number of amides is 1. The second-order valence-electron chi connectivity index (χ2n) is 4.13. The van der Waals surface area contributed by atoms with Crippen molar-refractivity contribution in [1.82, 2.24) is 0 Å². The normalized spacial score (nSPS) is 14.9. The van der Waals surface area contributed by atoms with Gasteiger partial charge in [0.05, 0.1) is 6.42 Å². The summed E-state index contributed by atoms with van der Waals surface area (Å²) < 4.78 is 62.3. The lowest BCUT2D eigenvalue weighted by Gasteiger charge is -2.25. The number of hydrogen-bond donors (Lipinski definition) is 2. The molecule has 0 bridgehead atoms. The largest absolute Gasteiger partial charge is 0.417 e. The van der Waals surface area contributed by atoms with Crippen molar-refractivity contribution in [3.05, 3.63) is 29.8 Å². The standard InChI is InChI=1S/C11H10F5NO2/c1-10(19,11(14,15)16)5-9(18)17-6-2-3-7(12)8(13)4-6/h2-4,19H,5H2,1H3,(H,17,18)/t10-/m1/s1. The zero-order valence-electron chi connectivity index (χ0n) is 9.68. The molecular weight excluding hydrogens is 273 g/mol. The molecule has 1 amide bonds. The Kier molecular flexibility index (Phi) is 4.14. The molecule has 0 saturated heterocycles. The Balaban J connectivity index is 2.73. The molecule has 0 heterocycles. The third-order valence-corrected chi connectivity index (χ3v) is 2.32. The molecule has 0 aromatic heterocycles. The SMILES string of the molecule is C[C@@](O)(CC(=O)Nc1ccc(F)c(F)c1)C(F)(F)F. The molecular formula is C11H10F5NO2. The van der Waals surface area contributed by atoms with Crippen molar-refractivity contribution in [2.24, 2.45) is 0 Å². The van der Waals surface area contributed by atoms with Crippen LogP contribution in [0.25, 0.3) is 0 Å². The molecule has 19 heavy (non-hydrogen) atoms. The first-order valence-electron chi connectivity index (χ1n) is 5.07. The summed E-state index contributed by atoms with van der Waals surface area (Å²) in [6.45, 7) is 0.442. The Hall–Kier alpha value is -1.70. The lowest BCUT2D eigenvalue weighted by Crippen LogP contribution is -2.44. The monoisotopic (exact) mass is 283 g/mol. The molecule has 106 valence electrons. The van der Waals surface area contributed by atoms with Gasteiger partial charge < -0.3 is 10.4 Å². The van der Waals surface area contributed by atoms with Crippen molar-refractivity contribution >= 4 is 11.6 Å². The molecule has 0 fully saturated rings. The molecule has 1 atom stereocenters. The number of carbonyl (C=O) groups excluding carboxylic acids is 1. The molecule has 0 saturated carbocycles. The van der Waals surface area contributed by atoms with Crippen LogP contribution in [-0.4, -0.2) is 22.8 Å². The average molecular weight is 283 g/mol. The summed E-state index contributed by atoms with van der Waals surface area (Å²) in [5, 5.41) is 11.0. The van der Waals surface area contributed by atoms with Crippen molar-refractivity contribution in [3.8, 4) is 0 Å². The minimum absolute atomic E-state index is 0.207. The third kappa shape index (κ3) is 3.88. The Morgan fingerprint density at radius 3 is 2.32 bits per heavy atom. The van der Waals surface area contributed by atoms with Crippen LogP contribution in [0.2, 0.25) is 0 Å². The third-order valence-electron chi connectivity index (χ3n) is 2.32. The molecule has 0 unspecified atom stereocenters. The number of aliphatic hydroxyl groups is 1. The van der Waals surface area contributed by atoms with Gasteiger partial charge in [0.1, 0.15) is 0 Å². The molecule has 8 heteroatoms. The van der Waals surface area contributed by atoms with Crippen LogP contribution in [0.5, 0.6) is 0 Å². The fourth-order valence-corrected chi connectivity index (χ4v) is 1.19. The van der Waals surface area contributed by atoms with Gasteiger partial charge in [-0.05, 0) is 19.1 Å². The molecule has 3 nitrogen and oxygen atoms in total. The van der Waals surface area contributed by atoms with Crippen LogP contribution < -0.4 is 5.32 Å². The average Bonchev–Trinajstić information content (AvgIpc) is 2.21. The molecule has 0 spiro atoms. The molecule has 1 aromatic rings. The van der Waals surface area contributed by atoms with Gasteiger partial charge in [-0.2, -0.15) is 13.2 Å².